The van der Waals surface area contributed by atoms with Gasteiger partial charge in [-0.1, -0.05) is 30.3 Å². The lowest BCUT2D eigenvalue weighted by Gasteiger charge is -2.19. The van der Waals surface area contributed by atoms with Crippen LogP contribution in [0.4, 0.5) is 5.69 Å². The van der Waals surface area contributed by atoms with E-state index in [1.807, 2.05) is 0 Å². The third-order valence-electron chi connectivity index (χ3n) is 4.58. The Bertz CT molecular complexity index is 1080. The van der Waals surface area contributed by atoms with Gasteiger partial charge in [-0.25, -0.2) is 0 Å². The minimum Gasteiger partial charge on any atom is -0.493 e. The van der Waals surface area contributed by atoms with Crippen LogP contribution in [0.15, 0.2) is 60.8 Å². The van der Waals surface area contributed by atoms with Crippen LogP contribution in [0.25, 0.3) is 6.08 Å². The number of carbonyl (C=O) groups excluding carboxylic acids is 2. The van der Waals surface area contributed by atoms with Crippen molar-refractivity contribution in [2.24, 2.45) is 0 Å². The van der Waals surface area contributed by atoms with Crippen LogP contribution in [-0.4, -0.2) is 49.3 Å². The van der Waals surface area contributed by atoms with Gasteiger partial charge in [-0.05, 0) is 60.3 Å². The Morgan fingerprint density at radius 2 is 1.88 bits per heavy atom. The van der Waals surface area contributed by atoms with Crippen LogP contribution in [0.5, 0.6) is 11.5 Å². The topological polar surface area (TPSA) is 68.3 Å². The van der Waals surface area contributed by atoms with E-state index in [1.165, 1.54) is 24.0 Å². The van der Waals surface area contributed by atoms with Gasteiger partial charge in [0.05, 0.1) is 19.9 Å². The molecule has 0 saturated carbocycles. The first-order valence-corrected chi connectivity index (χ1v) is 10.3. The lowest BCUT2D eigenvalue weighted by molar-refractivity contribution is -0.140. The summed E-state index contributed by atoms with van der Waals surface area (Å²) in [5.41, 5.74) is 1.41. The molecule has 0 aliphatic carbocycles. The van der Waals surface area contributed by atoms with Crippen LogP contribution in [0.1, 0.15) is 5.56 Å². The fourth-order valence-corrected chi connectivity index (χ4v) is 3.52. The fourth-order valence-electron chi connectivity index (χ4n) is 3.04. The van der Waals surface area contributed by atoms with Crippen LogP contribution >= 0.6 is 23.8 Å². The Morgan fingerprint density at radius 1 is 1.16 bits per heavy atom. The number of thiocarbonyl (C=S) groups is 1. The van der Waals surface area contributed by atoms with Crippen LogP contribution in [0.2, 0.25) is 5.02 Å². The molecule has 0 atom stereocenters. The molecule has 1 saturated heterocycles. The van der Waals surface area contributed by atoms with Crippen molar-refractivity contribution >= 4 is 52.6 Å². The van der Waals surface area contributed by atoms with Gasteiger partial charge in [-0.2, -0.15) is 0 Å². The van der Waals surface area contributed by atoms with Gasteiger partial charge in [0, 0.05) is 5.02 Å². The van der Waals surface area contributed by atoms with Gasteiger partial charge in [-0.3, -0.25) is 14.5 Å². The Kier molecular flexibility index (Phi) is 7.50. The van der Waals surface area contributed by atoms with E-state index in [1.54, 1.807) is 54.6 Å². The maximum Gasteiger partial charge on any atom is 0.325 e. The largest absolute Gasteiger partial charge is 0.493 e. The molecule has 1 amide bonds. The van der Waals surface area contributed by atoms with Crippen molar-refractivity contribution in [3.8, 4) is 11.5 Å². The van der Waals surface area contributed by atoms with E-state index >= 15 is 0 Å². The first kappa shape index (κ1) is 23.3. The standard InChI is InChI=1S/C23H21ClN2O5S/c1-4-11-31-19-10-5-15(13-20(19)29-2)12-18-22(28)26(17-8-6-16(24)7-9-17)23(32)25(18)14-21(27)30-3/h4-10,12-13H,1,11,14H2,2-3H3/b18-12-. The van der Waals surface area contributed by atoms with Gasteiger partial charge in [0.1, 0.15) is 18.8 Å². The summed E-state index contributed by atoms with van der Waals surface area (Å²) in [4.78, 5) is 28.1. The van der Waals surface area contributed by atoms with Crippen molar-refractivity contribution < 1.29 is 23.8 Å². The Balaban J connectivity index is 2.02. The molecule has 0 aromatic heterocycles. The quantitative estimate of drug-likeness (QED) is 0.248. The van der Waals surface area contributed by atoms with Gasteiger partial charge in [0.2, 0.25) is 0 Å². The molecule has 0 bridgehead atoms. The van der Waals surface area contributed by atoms with Crippen molar-refractivity contribution in [3.63, 3.8) is 0 Å². The van der Waals surface area contributed by atoms with Gasteiger partial charge >= 0.3 is 5.97 Å². The minimum atomic E-state index is -0.533. The highest BCUT2D eigenvalue weighted by atomic mass is 35.5. The molecule has 0 spiro atoms. The third-order valence-corrected chi connectivity index (χ3v) is 5.24. The summed E-state index contributed by atoms with van der Waals surface area (Å²) in [5.74, 6) is 0.113. The number of anilines is 1. The summed E-state index contributed by atoms with van der Waals surface area (Å²) >= 11 is 11.5. The Labute approximate surface area is 196 Å². The molecule has 7 nitrogen and oxygen atoms in total. The normalized spacial score (nSPS) is 14.7. The summed E-state index contributed by atoms with van der Waals surface area (Å²) in [6, 6.07) is 11.9. The van der Waals surface area contributed by atoms with Gasteiger partial charge in [-0.15, -0.1) is 0 Å². The van der Waals surface area contributed by atoms with Gasteiger partial charge in [0.15, 0.2) is 16.6 Å². The van der Waals surface area contributed by atoms with Crippen LogP contribution in [0.3, 0.4) is 0 Å². The minimum absolute atomic E-state index is 0.159. The highest BCUT2D eigenvalue weighted by molar-refractivity contribution is 7.80. The number of rotatable bonds is 8. The summed E-state index contributed by atoms with van der Waals surface area (Å²) in [5, 5.41) is 0.686. The maximum absolute atomic E-state index is 13.3. The number of esters is 1. The summed E-state index contributed by atoms with van der Waals surface area (Å²) < 4.78 is 15.7. The molecule has 0 unspecified atom stereocenters. The first-order valence-electron chi connectivity index (χ1n) is 9.51. The monoisotopic (exact) mass is 472 g/mol. The molecule has 166 valence electrons. The zero-order valence-corrected chi connectivity index (χ0v) is 19.1. The fraction of sp³-hybridized carbons (Fsp3) is 0.174. The van der Waals surface area contributed by atoms with Crippen molar-refractivity contribution in [1.82, 2.24) is 4.90 Å². The smallest absolute Gasteiger partial charge is 0.325 e. The van der Waals surface area contributed by atoms with E-state index in [0.717, 1.165) is 0 Å². The molecule has 3 rings (SSSR count). The third kappa shape index (κ3) is 4.92. The lowest BCUT2D eigenvalue weighted by atomic mass is 10.1. The highest BCUT2D eigenvalue weighted by Crippen LogP contribution is 2.32. The molecule has 32 heavy (non-hydrogen) atoms. The van der Waals surface area contributed by atoms with Gasteiger partial charge < -0.3 is 19.1 Å². The van der Waals surface area contributed by atoms with E-state index in [0.29, 0.717) is 34.4 Å². The average molecular weight is 473 g/mol. The van der Waals surface area contributed by atoms with E-state index in [-0.39, 0.29) is 23.3 Å². The lowest BCUT2D eigenvalue weighted by Crippen LogP contribution is -2.35. The number of hydrogen-bond acceptors (Lipinski definition) is 6. The predicted molar refractivity (Wildman–Crippen MR) is 127 cm³/mol. The molecule has 1 heterocycles. The van der Waals surface area contributed by atoms with E-state index in [4.69, 9.17) is 38.0 Å². The highest BCUT2D eigenvalue weighted by Gasteiger charge is 2.40. The Hall–Kier alpha value is -3.36. The van der Waals surface area contributed by atoms with Crippen molar-refractivity contribution in [2.45, 2.75) is 0 Å². The number of halogens is 1. The van der Waals surface area contributed by atoms with Gasteiger partial charge in [0.25, 0.3) is 5.91 Å². The van der Waals surface area contributed by atoms with Crippen molar-refractivity contribution in [1.29, 1.82) is 0 Å². The molecule has 0 N–H and O–H groups in total. The molecule has 0 radical (unpaired) electrons. The SMILES string of the molecule is C=CCOc1ccc(/C=C2/C(=O)N(c3ccc(Cl)cc3)C(=S)N2CC(=O)OC)cc1OC. The van der Waals surface area contributed by atoms with E-state index < -0.39 is 5.97 Å². The maximum atomic E-state index is 13.3. The number of nitrogens with zero attached hydrogens (tertiary/aromatic N) is 2. The zero-order chi connectivity index (χ0) is 23.3. The molecule has 2 aromatic rings. The molecule has 9 heteroatoms. The number of methoxy groups -OCH3 is 2. The summed E-state index contributed by atoms with van der Waals surface area (Å²) in [6.07, 6.45) is 3.26. The number of carbonyl (C=O) groups is 2. The van der Waals surface area contributed by atoms with Crippen LogP contribution < -0.4 is 14.4 Å². The Morgan fingerprint density at radius 3 is 2.50 bits per heavy atom. The summed E-state index contributed by atoms with van der Waals surface area (Å²) in [7, 11) is 2.80. The van der Waals surface area contributed by atoms with E-state index in [2.05, 4.69) is 6.58 Å². The molecule has 1 fully saturated rings. The average Bonchev–Trinajstić information content (AvgIpc) is 3.02. The number of ether oxygens (including phenoxy) is 3. The predicted octanol–water partition coefficient (Wildman–Crippen LogP) is 4.06. The number of amides is 1. The van der Waals surface area contributed by atoms with Crippen molar-refractivity contribution in [3.05, 3.63) is 71.4 Å². The zero-order valence-electron chi connectivity index (χ0n) is 17.5. The molecular formula is C23H21ClN2O5S. The molecule has 1 aliphatic rings. The second-order valence-electron chi connectivity index (χ2n) is 6.60. The van der Waals surface area contributed by atoms with E-state index in [9.17, 15) is 9.59 Å². The molecule has 2 aromatic carbocycles. The van der Waals surface area contributed by atoms with Crippen LogP contribution in [-0.2, 0) is 14.3 Å². The molecular weight excluding hydrogens is 452 g/mol. The number of benzene rings is 2. The first-order chi connectivity index (χ1) is 15.4. The van der Waals surface area contributed by atoms with Crippen molar-refractivity contribution in [2.75, 3.05) is 32.3 Å². The number of hydrogen-bond donors (Lipinski definition) is 0. The summed E-state index contributed by atoms with van der Waals surface area (Å²) in [6.45, 7) is 3.74. The van der Waals surface area contributed by atoms with Crippen LogP contribution in [0, 0.1) is 0 Å². The second-order valence-corrected chi connectivity index (χ2v) is 7.40. The second kappa shape index (κ2) is 10.3. The molecule has 1 aliphatic heterocycles.